The summed E-state index contributed by atoms with van der Waals surface area (Å²) in [6.07, 6.45) is 4.31. The van der Waals surface area contributed by atoms with Gasteiger partial charge in [0.2, 0.25) is 5.91 Å². The third kappa shape index (κ3) is 4.02. The van der Waals surface area contributed by atoms with Crippen LogP contribution in [0.2, 0.25) is 0 Å². The van der Waals surface area contributed by atoms with Gasteiger partial charge in [-0.15, -0.1) is 0 Å². The number of carbonyl (C=O) groups excluding carboxylic acids is 2. The number of alkyl halides is 1. The van der Waals surface area contributed by atoms with Gasteiger partial charge in [0, 0.05) is 25.3 Å². The predicted octanol–water partition coefficient (Wildman–Crippen LogP) is 0.800. The molecule has 0 aliphatic carbocycles. The topological polar surface area (TPSA) is 97.3 Å². The average molecular weight is 339 g/mol. The Hall–Kier alpha value is -2.16. The summed E-state index contributed by atoms with van der Waals surface area (Å²) in [5, 5.41) is 12.5. The summed E-state index contributed by atoms with van der Waals surface area (Å²) in [5.74, 6) is 0.341. The van der Waals surface area contributed by atoms with Gasteiger partial charge in [-0.2, -0.15) is 5.10 Å². The molecular formula is C15H22FN5O3. The smallest absolute Gasteiger partial charge is 0.320 e. The van der Waals surface area contributed by atoms with Gasteiger partial charge < -0.3 is 15.4 Å². The van der Waals surface area contributed by atoms with Crippen LogP contribution in [0, 0.1) is 0 Å². The van der Waals surface area contributed by atoms with Crippen LogP contribution in [0.4, 0.5) is 15.0 Å². The number of amides is 3. The van der Waals surface area contributed by atoms with Crippen LogP contribution in [-0.4, -0.2) is 53.2 Å². The van der Waals surface area contributed by atoms with Crippen LogP contribution >= 0.6 is 0 Å². The lowest BCUT2D eigenvalue weighted by atomic mass is 9.92. The molecule has 0 bridgehead atoms. The van der Waals surface area contributed by atoms with Crippen molar-refractivity contribution in [1.82, 2.24) is 20.4 Å². The van der Waals surface area contributed by atoms with Crippen LogP contribution in [-0.2, 0) is 16.1 Å². The normalized spacial score (nSPS) is 26.9. The first kappa shape index (κ1) is 16.7. The Labute approximate surface area is 139 Å². The summed E-state index contributed by atoms with van der Waals surface area (Å²) < 4.78 is 19.4. The fourth-order valence-electron chi connectivity index (χ4n) is 3.18. The van der Waals surface area contributed by atoms with E-state index in [1.807, 2.05) is 0 Å². The average Bonchev–Trinajstić information content (AvgIpc) is 3.21. The van der Waals surface area contributed by atoms with E-state index in [0.29, 0.717) is 25.3 Å². The number of nitrogens with zero attached hydrogens (tertiary/aromatic N) is 2. The number of carbonyl (C=O) groups is 2. The first-order valence-corrected chi connectivity index (χ1v) is 8.23. The van der Waals surface area contributed by atoms with Gasteiger partial charge in [-0.05, 0) is 19.3 Å². The van der Waals surface area contributed by atoms with Gasteiger partial charge in [0.25, 0.3) is 0 Å². The third-order valence-electron chi connectivity index (χ3n) is 4.32. The van der Waals surface area contributed by atoms with Crippen molar-refractivity contribution in [3.63, 3.8) is 0 Å². The number of piperidine rings is 1. The molecule has 24 heavy (non-hydrogen) atoms. The van der Waals surface area contributed by atoms with E-state index in [1.165, 1.54) is 4.68 Å². The van der Waals surface area contributed by atoms with E-state index in [9.17, 15) is 14.0 Å². The quantitative estimate of drug-likeness (QED) is 0.739. The zero-order chi connectivity index (χ0) is 16.9. The fraction of sp³-hybridized carbons (Fsp3) is 0.667. The predicted molar refractivity (Wildman–Crippen MR) is 84.3 cm³/mol. The van der Waals surface area contributed by atoms with Crippen molar-refractivity contribution in [2.75, 3.05) is 18.6 Å². The number of aryl methyl sites for hydroxylation is 1. The number of rotatable bonds is 5. The minimum atomic E-state index is -0.516. The number of halogens is 1. The molecule has 3 atom stereocenters. The second kappa shape index (κ2) is 7.61. The Morgan fingerprint density at radius 2 is 2.38 bits per heavy atom. The van der Waals surface area contributed by atoms with Crippen LogP contribution in [0.15, 0.2) is 12.3 Å². The van der Waals surface area contributed by atoms with Crippen molar-refractivity contribution in [3.05, 3.63) is 12.3 Å². The van der Waals surface area contributed by atoms with Gasteiger partial charge in [0.1, 0.15) is 6.67 Å². The molecule has 1 aromatic rings. The highest BCUT2D eigenvalue weighted by atomic mass is 19.1. The Morgan fingerprint density at radius 3 is 3.12 bits per heavy atom. The first-order valence-electron chi connectivity index (χ1n) is 8.23. The molecule has 3 N–H and O–H groups in total. The fourth-order valence-corrected chi connectivity index (χ4v) is 3.18. The molecule has 1 aromatic heterocycles. The Kier molecular flexibility index (Phi) is 5.29. The lowest BCUT2D eigenvalue weighted by Gasteiger charge is -2.35. The number of ether oxygens (including phenoxy) is 1. The zero-order valence-electron chi connectivity index (χ0n) is 13.3. The maximum atomic E-state index is 12.3. The lowest BCUT2D eigenvalue weighted by Crippen LogP contribution is -2.60. The summed E-state index contributed by atoms with van der Waals surface area (Å²) >= 11 is 0. The molecule has 0 radical (unpaired) electrons. The molecule has 1 unspecified atom stereocenters. The van der Waals surface area contributed by atoms with E-state index in [-0.39, 0.29) is 30.6 Å². The van der Waals surface area contributed by atoms with E-state index in [1.54, 1.807) is 12.3 Å². The standard InChI is InChI=1S/C15H22FN5O3/c16-6-8-21-7-5-12(20-21)18-15(23)17-10-3-4-13(22)19-14(10)11-2-1-9-24-11/h5,7,10-11,14H,1-4,6,8-9H2,(H,19,22)(H2,17,18,20,23)/t10-,11?,14-/m1/s1. The molecule has 3 rings (SSSR count). The van der Waals surface area contributed by atoms with Crippen molar-refractivity contribution < 1.29 is 18.7 Å². The molecule has 2 aliphatic rings. The van der Waals surface area contributed by atoms with E-state index in [2.05, 4.69) is 21.0 Å². The highest BCUT2D eigenvalue weighted by Gasteiger charge is 2.37. The SMILES string of the molecule is O=C1CC[C@@H](NC(=O)Nc2ccn(CCF)n2)[C@H](C2CCCO2)N1. The lowest BCUT2D eigenvalue weighted by molar-refractivity contribution is -0.125. The van der Waals surface area contributed by atoms with E-state index in [4.69, 9.17) is 4.74 Å². The van der Waals surface area contributed by atoms with Crippen molar-refractivity contribution in [2.24, 2.45) is 0 Å². The summed E-state index contributed by atoms with van der Waals surface area (Å²) in [6, 6.07) is 0.794. The highest BCUT2D eigenvalue weighted by Crippen LogP contribution is 2.22. The number of hydrogen-bond acceptors (Lipinski definition) is 4. The van der Waals surface area contributed by atoms with Crippen LogP contribution in [0.25, 0.3) is 0 Å². The molecule has 0 spiro atoms. The molecule has 3 amide bonds. The van der Waals surface area contributed by atoms with E-state index < -0.39 is 12.7 Å². The number of urea groups is 1. The minimum Gasteiger partial charge on any atom is -0.376 e. The summed E-state index contributed by atoms with van der Waals surface area (Å²) in [7, 11) is 0. The van der Waals surface area contributed by atoms with Crippen LogP contribution in [0.5, 0.6) is 0 Å². The zero-order valence-corrected chi connectivity index (χ0v) is 13.3. The van der Waals surface area contributed by atoms with Gasteiger partial charge in [-0.25, -0.2) is 9.18 Å². The molecule has 2 aliphatic heterocycles. The molecule has 0 aromatic carbocycles. The van der Waals surface area contributed by atoms with Gasteiger partial charge in [0.05, 0.1) is 24.7 Å². The van der Waals surface area contributed by atoms with Crippen LogP contribution in [0.3, 0.4) is 0 Å². The molecule has 2 fully saturated rings. The molecule has 2 saturated heterocycles. The number of hydrogen-bond donors (Lipinski definition) is 3. The second-order valence-electron chi connectivity index (χ2n) is 6.04. The molecule has 132 valence electrons. The van der Waals surface area contributed by atoms with Crippen molar-refractivity contribution in [2.45, 2.75) is 50.4 Å². The van der Waals surface area contributed by atoms with Gasteiger partial charge in [-0.3, -0.25) is 14.8 Å². The summed E-state index contributed by atoms with van der Waals surface area (Å²) in [4.78, 5) is 23.9. The molecular weight excluding hydrogens is 317 g/mol. The van der Waals surface area contributed by atoms with Crippen LogP contribution < -0.4 is 16.0 Å². The molecule has 8 nitrogen and oxygen atoms in total. The molecule has 0 saturated carbocycles. The van der Waals surface area contributed by atoms with Gasteiger partial charge in [0.15, 0.2) is 5.82 Å². The largest absolute Gasteiger partial charge is 0.376 e. The third-order valence-corrected chi connectivity index (χ3v) is 4.32. The summed E-state index contributed by atoms with van der Waals surface area (Å²) in [5.41, 5.74) is 0. The Bertz CT molecular complexity index is 587. The molecule has 3 heterocycles. The van der Waals surface area contributed by atoms with Gasteiger partial charge >= 0.3 is 6.03 Å². The van der Waals surface area contributed by atoms with E-state index >= 15 is 0 Å². The van der Waals surface area contributed by atoms with Gasteiger partial charge in [-0.1, -0.05) is 0 Å². The Morgan fingerprint density at radius 1 is 1.50 bits per heavy atom. The maximum absolute atomic E-state index is 12.3. The summed E-state index contributed by atoms with van der Waals surface area (Å²) in [6.45, 7) is 0.319. The first-order chi connectivity index (χ1) is 11.7. The number of nitrogens with one attached hydrogen (secondary N) is 3. The molecule has 9 heteroatoms. The minimum absolute atomic E-state index is 0.0149. The van der Waals surface area contributed by atoms with Crippen LogP contribution in [0.1, 0.15) is 25.7 Å². The maximum Gasteiger partial charge on any atom is 0.320 e. The monoisotopic (exact) mass is 339 g/mol. The van der Waals surface area contributed by atoms with Crippen molar-refractivity contribution in [1.29, 1.82) is 0 Å². The van der Waals surface area contributed by atoms with E-state index in [0.717, 1.165) is 12.8 Å². The number of anilines is 1. The van der Waals surface area contributed by atoms with Crippen molar-refractivity contribution in [3.8, 4) is 0 Å². The highest BCUT2D eigenvalue weighted by molar-refractivity contribution is 5.88. The number of aromatic nitrogens is 2. The Balaban J connectivity index is 1.57. The second-order valence-corrected chi connectivity index (χ2v) is 6.04. The van der Waals surface area contributed by atoms with Crippen molar-refractivity contribution >= 4 is 17.8 Å².